The number of imidazole rings is 1. The summed E-state index contributed by atoms with van der Waals surface area (Å²) in [5.74, 6) is 2.43. The molecule has 0 radical (unpaired) electrons. The van der Waals surface area contributed by atoms with Gasteiger partial charge in [0.25, 0.3) is 0 Å². The van der Waals surface area contributed by atoms with E-state index in [0.717, 1.165) is 29.3 Å². The normalized spacial score (nSPS) is 10.4. The molecule has 0 bridgehead atoms. The van der Waals surface area contributed by atoms with E-state index in [0.29, 0.717) is 6.61 Å². The molecule has 2 rings (SSSR count). The van der Waals surface area contributed by atoms with Crippen molar-refractivity contribution < 1.29 is 9.47 Å². The summed E-state index contributed by atoms with van der Waals surface area (Å²) in [6.07, 6.45) is 4.67. The van der Waals surface area contributed by atoms with Crippen molar-refractivity contribution in [2.24, 2.45) is 7.05 Å². The first-order chi connectivity index (χ1) is 8.76. The zero-order chi connectivity index (χ0) is 13.0. The first-order valence-electron chi connectivity index (χ1n) is 6.04. The van der Waals surface area contributed by atoms with Gasteiger partial charge >= 0.3 is 0 Å². The Labute approximate surface area is 107 Å². The molecule has 4 nitrogen and oxygen atoms in total. The Bertz CT molecular complexity index is 520. The lowest BCUT2D eigenvalue weighted by Crippen LogP contribution is -1.99. The molecular formula is C14H18N2O2. The Morgan fingerprint density at radius 3 is 2.72 bits per heavy atom. The average Bonchev–Trinajstić information content (AvgIpc) is 2.82. The Kier molecular flexibility index (Phi) is 3.87. The van der Waals surface area contributed by atoms with Crippen molar-refractivity contribution >= 4 is 0 Å². The molecule has 0 unspecified atom stereocenters. The molecule has 1 aromatic carbocycles. The number of ether oxygens (including phenoxy) is 2. The summed E-state index contributed by atoms with van der Waals surface area (Å²) in [5.41, 5.74) is 1.02. The molecule has 96 valence electrons. The van der Waals surface area contributed by atoms with Gasteiger partial charge < -0.3 is 14.0 Å². The molecule has 18 heavy (non-hydrogen) atoms. The number of hydrogen-bond acceptors (Lipinski definition) is 3. The van der Waals surface area contributed by atoms with Gasteiger partial charge in [-0.05, 0) is 24.6 Å². The minimum absolute atomic E-state index is 0.681. The summed E-state index contributed by atoms with van der Waals surface area (Å²) in [5, 5.41) is 0. The van der Waals surface area contributed by atoms with Crippen molar-refractivity contribution in [3.8, 4) is 22.9 Å². The van der Waals surface area contributed by atoms with Crippen molar-refractivity contribution in [3.05, 3.63) is 30.6 Å². The molecule has 0 saturated heterocycles. The van der Waals surface area contributed by atoms with Crippen LogP contribution in [0.2, 0.25) is 0 Å². The van der Waals surface area contributed by atoms with Crippen molar-refractivity contribution in [3.63, 3.8) is 0 Å². The fraction of sp³-hybridized carbons (Fsp3) is 0.357. The molecular weight excluding hydrogens is 228 g/mol. The summed E-state index contributed by atoms with van der Waals surface area (Å²) in [7, 11) is 3.62. The Morgan fingerprint density at radius 2 is 2.11 bits per heavy atom. The second kappa shape index (κ2) is 5.58. The maximum absolute atomic E-state index is 5.69. The molecule has 0 saturated carbocycles. The fourth-order valence-corrected chi connectivity index (χ4v) is 1.78. The first kappa shape index (κ1) is 12.5. The van der Waals surface area contributed by atoms with Gasteiger partial charge in [-0.25, -0.2) is 4.98 Å². The van der Waals surface area contributed by atoms with E-state index in [1.54, 1.807) is 13.3 Å². The monoisotopic (exact) mass is 246 g/mol. The standard InChI is InChI=1S/C14H18N2O2/c1-4-9-18-13-10-11(5-6-12(13)17-3)14-15-7-8-16(14)2/h5-8,10H,4,9H2,1-3H3. The molecule has 0 atom stereocenters. The minimum atomic E-state index is 0.681. The molecule has 0 spiro atoms. The number of rotatable bonds is 5. The number of aryl methyl sites for hydroxylation is 1. The first-order valence-corrected chi connectivity index (χ1v) is 6.04. The lowest BCUT2D eigenvalue weighted by atomic mass is 10.2. The van der Waals surface area contributed by atoms with E-state index in [2.05, 4.69) is 11.9 Å². The summed E-state index contributed by atoms with van der Waals surface area (Å²) in [6.45, 7) is 2.76. The number of hydrogen-bond donors (Lipinski definition) is 0. The van der Waals surface area contributed by atoms with E-state index < -0.39 is 0 Å². The molecule has 0 N–H and O–H groups in total. The van der Waals surface area contributed by atoms with Crippen LogP contribution in [-0.2, 0) is 7.05 Å². The average molecular weight is 246 g/mol. The van der Waals surface area contributed by atoms with Gasteiger partial charge in [-0.15, -0.1) is 0 Å². The van der Waals surface area contributed by atoms with E-state index in [1.807, 2.05) is 36.0 Å². The molecule has 0 aliphatic carbocycles. The Hall–Kier alpha value is -1.97. The molecule has 1 aromatic heterocycles. The third-order valence-electron chi connectivity index (χ3n) is 2.70. The summed E-state index contributed by atoms with van der Waals surface area (Å²) >= 11 is 0. The number of benzene rings is 1. The highest BCUT2D eigenvalue weighted by Crippen LogP contribution is 2.31. The lowest BCUT2D eigenvalue weighted by molar-refractivity contribution is 0.294. The molecule has 0 amide bonds. The van der Waals surface area contributed by atoms with Gasteiger partial charge in [0.2, 0.25) is 0 Å². The van der Waals surface area contributed by atoms with Gasteiger partial charge in [-0.1, -0.05) is 6.92 Å². The Balaban J connectivity index is 2.36. The summed E-state index contributed by atoms with van der Waals surface area (Å²) < 4.78 is 13.0. The van der Waals surface area contributed by atoms with Gasteiger partial charge in [-0.2, -0.15) is 0 Å². The van der Waals surface area contributed by atoms with Crippen LogP contribution in [0, 0.1) is 0 Å². The van der Waals surface area contributed by atoms with E-state index >= 15 is 0 Å². The van der Waals surface area contributed by atoms with E-state index in [9.17, 15) is 0 Å². The predicted molar refractivity (Wildman–Crippen MR) is 71.0 cm³/mol. The van der Waals surface area contributed by atoms with Crippen molar-refractivity contribution in [1.82, 2.24) is 9.55 Å². The maximum atomic E-state index is 5.69. The van der Waals surface area contributed by atoms with Crippen molar-refractivity contribution in [2.45, 2.75) is 13.3 Å². The largest absolute Gasteiger partial charge is 0.493 e. The van der Waals surface area contributed by atoms with Gasteiger partial charge in [0, 0.05) is 25.0 Å². The molecule has 4 heteroatoms. The lowest BCUT2D eigenvalue weighted by Gasteiger charge is -2.11. The third-order valence-corrected chi connectivity index (χ3v) is 2.70. The topological polar surface area (TPSA) is 36.3 Å². The van der Waals surface area contributed by atoms with Gasteiger partial charge in [-0.3, -0.25) is 0 Å². The van der Waals surface area contributed by atoms with Crippen LogP contribution >= 0.6 is 0 Å². The highest BCUT2D eigenvalue weighted by Gasteiger charge is 2.09. The quantitative estimate of drug-likeness (QED) is 0.814. The second-order valence-corrected chi connectivity index (χ2v) is 4.08. The van der Waals surface area contributed by atoms with Crippen LogP contribution in [0.3, 0.4) is 0 Å². The number of nitrogens with zero attached hydrogens (tertiary/aromatic N) is 2. The van der Waals surface area contributed by atoms with Gasteiger partial charge in [0.15, 0.2) is 11.5 Å². The smallest absolute Gasteiger partial charge is 0.161 e. The van der Waals surface area contributed by atoms with Crippen LogP contribution in [0.5, 0.6) is 11.5 Å². The maximum Gasteiger partial charge on any atom is 0.161 e. The van der Waals surface area contributed by atoms with Crippen LogP contribution in [0.15, 0.2) is 30.6 Å². The van der Waals surface area contributed by atoms with E-state index in [4.69, 9.17) is 9.47 Å². The summed E-state index contributed by atoms with van der Waals surface area (Å²) in [4.78, 5) is 4.33. The van der Waals surface area contributed by atoms with Crippen LogP contribution in [0.4, 0.5) is 0 Å². The molecule has 0 fully saturated rings. The van der Waals surface area contributed by atoms with Gasteiger partial charge in [0.1, 0.15) is 5.82 Å². The van der Waals surface area contributed by atoms with Crippen LogP contribution in [-0.4, -0.2) is 23.3 Å². The van der Waals surface area contributed by atoms with Crippen LogP contribution in [0.1, 0.15) is 13.3 Å². The SMILES string of the molecule is CCCOc1cc(-c2nccn2C)ccc1OC. The van der Waals surface area contributed by atoms with Crippen LogP contribution < -0.4 is 9.47 Å². The number of aromatic nitrogens is 2. The molecule has 2 aromatic rings. The highest BCUT2D eigenvalue weighted by atomic mass is 16.5. The Morgan fingerprint density at radius 1 is 1.28 bits per heavy atom. The molecule has 1 heterocycles. The van der Waals surface area contributed by atoms with E-state index in [-0.39, 0.29) is 0 Å². The van der Waals surface area contributed by atoms with Crippen LogP contribution in [0.25, 0.3) is 11.4 Å². The minimum Gasteiger partial charge on any atom is -0.493 e. The predicted octanol–water partition coefficient (Wildman–Crippen LogP) is 2.88. The van der Waals surface area contributed by atoms with E-state index in [1.165, 1.54) is 0 Å². The zero-order valence-electron chi connectivity index (χ0n) is 11.0. The summed E-state index contributed by atoms with van der Waals surface area (Å²) in [6, 6.07) is 5.87. The molecule has 0 aliphatic heterocycles. The molecule has 0 aliphatic rings. The van der Waals surface area contributed by atoms with Crippen molar-refractivity contribution in [2.75, 3.05) is 13.7 Å². The zero-order valence-corrected chi connectivity index (χ0v) is 11.0. The third kappa shape index (κ3) is 2.47. The second-order valence-electron chi connectivity index (χ2n) is 4.08. The van der Waals surface area contributed by atoms with Gasteiger partial charge in [0.05, 0.1) is 13.7 Å². The van der Waals surface area contributed by atoms with Crippen molar-refractivity contribution in [1.29, 1.82) is 0 Å². The fourth-order valence-electron chi connectivity index (χ4n) is 1.78. The highest BCUT2D eigenvalue weighted by molar-refractivity contribution is 5.61. The number of methoxy groups -OCH3 is 1.